The summed E-state index contributed by atoms with van der Waals surface area (Å²) in [7, 11) is 0. The second-order valence-electron chi connectivity index (χ2n) is 7.83. The molecule has 1 atom stereocenters. The van der Waals surface area contributed by atoms with Crippen LogP contribution >= 0.6 is 22.9 Å². The highest BCUT2D eigenvalue weighted by Crippen LogP contribution is 2.44. The molecule has 2 aromatic carbocycles. The van der Waals surface area contributed by atoms with Gasteiger partial charge in [-0.05, 0) is 42.0 Å². The van der Waals surface area contributed by atoms with Crippen molar-refractivity contribution in [3.8, 4) is 0 Å². The highest BCUT2D eigenvalue weighted by molar-refractivity contribution is 7.22. The highest BCUT2D eigenvalue weighted by atomic mass is 35.5. The summed E-state index contributed by atoms with van der Waals surface area (Å²) in [6, 6.07) is 13.5. The number of pyridine rings is 1. The first-order valence-electron chi connectivity index (χ1n) is 10.4. The fourth-order valence-electron chi connectivity index (χ4n) is 4.14. The Balaban J connectivity index is 1.51. The Morgan fingerprint density at radius 3 is 2.69 bits per heavy atom. The standard InChI is InChI=1S/C25H13ClFN3O4S/c26-14-10-16-19(11-15(14)27)35-25(29-16)30-21(12-5-7-28-8-6-12)20(23(32)24(30)33)22(31)18-9-13-3-1-2-4-17(13)34-18/h1-11,21,32H. The van der Waals surface area contributed by atoms with Crippen LogP contribution in [0.1, 0.15) is 22.2 Å². The number of carbonyl (C=O) groups is 2. The van der Waals surface area contributed by atoms with Gasteiger partial charge in [0, 0.05) is 17.8 Å². The Morgan fingerprint density at radius 2 is 1.91 bits per heavy atom. The van der Waals surface area contributed by atoms with E-state index in [1.165, 1.54) is 29.4 Å². The second kappa shape index (κ2) is 8.00. The smallest absolute Gasteiger partial charge is 0.296 e. The van der Waals surface area contributed by atoms with Gasteiger partial charge in [-0.15, -0.1) is 0 Å². The summed E-state index contributed by atoms with van der Waals surface area (Å²) in [4.78, 5) is 36.6. The van der Waals surface area contributed by atoms with E-state index < -0.39 is 29.3 Å². The number of hydrogen-bond acceptors (Lipinski definition) is 7. The first-order chi connectivity index (χ1) is 16.9. The molecule has 3 aromatic heterocycles. The van der Waals surface area contributed by atoms with Gasteiger partial charge in [-0.2, -0.15) is 0 Å². The maximum atomic E-state index is 14.0. The van der Waals surface area contributed by atoms with Gasteiger partial charge in [-0.25, -0.2) is 9.37 Å². The zero-order valence-corrected chi connectivity index (χ0v) is 19.2. The number of furan rings is 1. The topological polar surface area (TPSA) is 96.5 Å². The number of rotatable bonds is 4. The molecule has 172 valence electrons. The molecule has 1 aliphatic heterocycles. The number of Topliss-reactive ketones (excluding diaryl/α,β-unsaturated/α-hetero) is 1. The van der Waals surface area contributed by atoms with Gasteiger partial charge in [0.2, 0.25) is 5.78 Å². The van der Waals surface area contributed by atoms with Crippen molar-refractivity contribution in [2.24, 2.45) is 0 Å². The third kappa shape index (κ3) is 3.39. The van der Waals surface area contributed by atoms with Crippen LogP contribution in [-0.2, 0) is 4.79 Å². The molecule has 1 N–H and O–H groups in total. The van der Waals surface area contributed by atoms with Gasteiger partial charge < -0.3 is 9.52 Å². The number of ketones is 1. The molecule has 35 heavy (non-hydrogen) atoms. The van der Waals surface area contributed by atoms with Crippen LogP contribution in [0.5, 0.6) is 0 Å². The minimum absolute atomic E-state index is 0.0143. The second-order valence-corrected chi connectivity index (χ2v) is 9.24. The predicted molar refractivity (Wildman–Crippen MR) is 129 cm³/mol. The zero-order chi connectivity index (χ0) is 24.3. The highest BCUT2D eigenvalue weighted by Gasteiger charge is 2.46. The van der Waals surface area contributed by atoms with Gasteiger partial charge in [0.05, 0.1) is 26.9 Å². The van der Waals surface area contributed by atoms with E-state index in [0.29, 0.717) is 26.7 Å². The number of amides is 1. The molecule has 0 fully saturated rings. The van der Waals surface area contributed by atoms with Gasteiger partial charge in [-0.3, -0.25) is 19.5 Å². The molecule has 0 saturated carbocycles. The Labute approximate surface area is 205 Å². The molecule has 0 aliphatic carbocycles. The number of carbonyl (C=O) groups excluding carboxylic acids is 2. The molecule has 1 aliphatic rings. The maximum absolute atomic E-state index is 14.0. The molecule has 1 unspecified atom stereocenters. The quantitative estimate of drug-likeness (QED) is 0.300. The third-order valence-electron chi connectivity index (χ3n) is 5.75. The normalized spacial score (nSPS) is 16.1. The number of aromatic nitrogens is 2. The van der Waals surface area contributed by atoms with Crippen molar-refractivity contribution in [2.75, 3.05) is 4.90 Å². The largest absolute Gasteiger partial charge is 0.503 e. The molecule has 4 heterocycles. The molecule has 5 aromatic rings. The summed E-state index contributed by atoms with van der Waals surface area (Å²) in [5.41, 5.74) is 1.26. The van der Waals surface area contributed by atoms with Crippen molar-refractivity contribution in [1.29, 1.82) is 0 Å². The number of anilines is 1. The van der Waals surface area contributed by atoms with Crippen LogP contribution in [0.3, 0.4) is 0 Å². The molecule has 0 saturated heterocycles. The lowest BCUT2D eigenvalue weighted by atomic mass is 9.96. The molecular formula is C25H13ClFN3O4S. The molecule has 0 spiro atoms. The molecule has 7 nitrogen and oxygen atoms in total. The number of halogens is 2. The van der Waals surface area contributed by atoms with Crippen LogP contribution in [0.25, 0.3) is 21.2 Å². The van der Waals surface area contributed by atoms with Crippen molar-refractivity contribution in [3.05, 3.63) is 100 Å². The van der Waals surface area contributed by atoms with E-state index in [-0.39, 0.29) is 21.5 Å². The zero-order valence-electron chi connectivity index (χ0n) is 17.6. The van der Waals surface area contributed by atoms with Crippen molar-refractivity contribution >= 4 is 60.9 Å². The summed E-state index contributed by atoms with van der Waals surface area (Å²) in [6.45, 7) is 0. The summed E-state index contributed by atoms with van der Waals surface area (Å²) < 4.78 is 20.2. The monoisotopic (exact) mass is 505 g/mol. The van der Waals surface area contributed by atoms with Crippen molar-refractivity contribution in [3.63, 3.8) is 0 Å². The average Bonchev–Trinajstić information content (AvgIpc) is 3.54. The van der Waals surface area contributed by atoms with Crippen LogP contribution < -0.4 is 4.90 Å². The van der Waals surface area contributed by atoms with Crippen LogP contribution in [0.4, 0.5) is 9.52 Å². The first kappa shape index (κ1) is 21.5. The predicted octanol–water partition coefficient (Wildman–Crippen LogP) is 6.01. The van der Waals surface area contributed by atoms with Crippen LogP contribution in [-0.4, -0.2) is 26.8 Å². The lowest BCUT2D eigenvalue weighted by Crippen LogP contribution is -2.30. The Kier molecular flexibility index (Phi) is 4.91. The third-order valence-corrected chi connectivity index (χ3v) is 7.06. The molecule has 0 radical (unpaired) electrons. The fourth-order valence-corrected chi connectivity index (χ4v) is 5.29. The van der Waals surface area contributed by atoms with Crippen LogP contribution in [0.15, 0.2) is 82.7 Å². The number of thiazole rings is 1. The summed E-state index contributed by atoms with van der Waals surface area (Å²) in [5.74, 6) is -2.78. The number of aliphatic hydroxyl groups excluding tert-OH is 1. The Bertz CT molecular complexity index is 1620. The number of benzene rings is 2. The molecule has 6 rings (SSSR count). The number of para-hydroxylation sites is 1. The Morgan fingerprint density at radius 1 is 1.14 bits per heavy atom. The molecule has 10 heteroatoms. The van der Waals surface area contributed by atoms with E-state index in [4.69, 9.17) is 16.0 Å². The van der Waals surface area contributed by atoms with Gasteiger partial charge in [0.15, 0.2) is 16.7 Å². The summed E-state index contributed by atoms with van der Waals surface area (Å²) in [6.07, 6.45) is 3.04. The lowest BCUT2D eigenvalue weighted by Gasteiger charge is -2.24. The number of hydrogen-bond donors (Lipinski definition) is 1. The van der Waals surface area contributed by atoms with E-state index in [1.54, 1.807) is 36.4 Å². The van der Waals surface area contributed by atoms with Gasteiger partial charge in [0.25, 0.3) is 5.91 Å². The van der Waals surface area contributed by atoms with E-state index >= 15 is 0 Å². The van der Waals surface area contributed by atoms with E-state index in [2.05, 4.69) is 9.97 Å². The van der Waals surface area contributed by atoms with E-state index in [9.17, 15) is 19.1 Å². The molecule has 0 bridgehead atoms. The van der Waals surface area contributed by atoms with Gasteiger partial charge in [0.1, 0.15) is 11.4 Å². The van der Waals surface area contributed by atoms with E-state index in [0.717, 1.165) is 11.3 Å². The van der Waals surface area contributed by atoms with Crippen molar-refractivity contribution < 1.29 is 23.5 Å². The first-order valence-corrected chi connectivity index (χ1v) is 11.6. The van der Waals surface area contributed by atoms with Crippen LogP contribution in [0.2, 0.25) is 5.02 Å². The minimum atomic E-state index is -1.01. The number of aliphatic hydroxyl groups is 1. The molecular weight excluding hydrogens is 493 g/mol. The van der Waals surface area contributed by atoms with Gasteiger partial charge in [-0.1, -0.05) is 41.1 Å². The van der Waals surface area contributed by atoms with Crippen molar-refractivity contribution in [1.82, 2.24) is 9.97 Å². The minimum Gasteiger partial charge on any atom is -0.503 e. The van der Waals surface area contributed by atoms with E-state index in [1.807, 2.05) is 6.07 Å². The number of nitrogens with zero attached hydrogens (tertiary/aromatic N) is 3. The van der Waals surface area contributed by atoms with Gasteiger partial charge >= 0.3 is 0 Å². The average molecular weight is 506 g/mol. The summed E-state index contributed by atoms with van der Waals surface area (Å²) >= 11 is 6.94. The number of fused-ring (bicyclic) bond motifs is 2. The van der Waals surface area contributed by atoms with Crippen molar-refractivity contribution in [2.45, 2.75) is 6.04 Å². The molecule has 1 amide bonds. The lowest BCUT2D eigenvalue weighted by molar-refractivity contribution is -0.117. The fraction of sp³-hybridized carbons (Fsp3) is 0.0400. The Hall–Kier alpha value is -4.08. The SMILES string of the molecule is O=C(C1=C(O)C(=O)N(c2nc3cc(Cl)c(F)cc3s2)C1c1ccncc1)c1cc2ccccc2o1. The maximum Gasteiger partial charge on any atom is 0.296 e. The van der Waals surface area contributed by atoms with Crippen LogP contribution in [0, 0.1) is 5.82 Å². The summed E-state index contributed by atoms with van der Waals surface area (Å²) in [5, 5.41) is 11.7.